The van der Waals surface area contributed by atoms with Crippen molar-refractivity contribution in [3.63, 3.8) is 0 Å². The molecule has 9 heteroatoms. The minimum absolute atomic E-state index is 0.0129. The van der Waals surface area contributed by atoms with Gasteiger partial charge in [0.1, 0.15) is 5.82 Å². The van der Waals surface area contributed by atoms with E-state index in [1.807, 2.05) is 0 Å². The summed E-state index contributed by atoms with van der Waals surface area (Å²) < 4.78 is 39.4. The molecule has 178 valence electrons. The number of sulfonamides is 1. The van der Waals surface area contributed by atoms with Gasteiger partial charge in [-0.1, -0.05) is 43.5 Å². The lowest BCUT2D eigenvalue weighted by Crippen LogP contribution is -2.36. The van der Waals surface area contributed by atoms with E-state index in [1.165, 1.54) is 24.6 Å². The third-order valence-electron chi connectivity index (χ3n) is 5.67. The zero-order chi connectivity index (χ0) is 23.8. The van der Waals surface area contributed by atoms with Gasteiger partial charge in [-0.25, -0.2) is 12.8 Å². The van der Waals surface area contributed by atoms with Gasteiger partial charge in [-0.2, -0.15) is 0 Å². The molecule has 0 spiro atoms. The third kappa shape index (κ3) is 7.02. The number of nitrogens with zero attached hydrogens (tertiary/aromatic N) is 1. The molecule has 1 aliphatic rings. The maximum Gasteiger partial charge on any atom is 0.253 e. The number of halogens is 1. The molecular weight excluding hydrogens is 445 g/mol. The second kappa shape index (κ2) is 11.3. The average Bonchev–Trinajstić information content (AvgIpc) is 2.78. The van der Waals surface area contributed by atoms with Crippen LogP contribution in [0.1, 0.15) is 55.3 Å². The van der Waals surface area contributed by atoms with Crippen LogP contribution in [-0.4, -0.2) is 39.1 Å². The molecule has 2 N–H and O–H groups in total. The molecule has 2 aromatic rings. The number of hydrogen-bond acceptors (Lipinski definition) is 4. The molecule has 1 saturated carbocycles. The SMILES string of the molecule is CS(=O)(=O)N(CCCC(=O)Nc1ccccc1C(=O)NC1CCCCC1)c1ccccc1F. The van der Waals surface area contributed by atoms with Crippen LogP contribution in [0.3, 0.4) is 0 Å². The zero-order valence-corrected chi connectivity index (χ0v) is 19.5. The van der Waals surface area contributed by atoms with Crippen LogP contribution >= 0.6 is 0 Å². The van der Waals surface area contributed by atoms with Crippen LogP contribution < -0.4 is 14.9 Å². The highest BCUT2D eigenvalue weighted by Crippen LogP contribution is 2.23. The predicted octanol–water partition coefficient (Wildman–Crippen LogP) is 4.07. The van der Waals surface area contributed by atoms with Gasteiger partial charge in [0, 0.05) is 19.0 Å². The lowest BCUT2D eigenvalue weighted by Gasteiger charge is -2.23. The Bertz CT molecular complexity index is 1080. The number of amides is 2. The third-order valence-corrected chi connectivity index (χ3v) is 6.85. The maximum atomic E-state index is 14.1. The Kier molecular flexibility index (Phi) is 8.43. The summed E-state index contributed by atoms with van der Waals surface area (Å²) in [7, 11) is -3.72. The number of nitrogens with one attached hydrogen (secondary N) is 2. The molecule has 0 atom stereocenters. The molecule has 0 aliphatic heterocycles. The van der Waals surface area contributed by atoms with E-state index in [9.17, 15) is 22.4 Å². The van der Waals surface area contributed by atoms with Gasteiger partial charge >= 0.3 is 0 Å². The van der Waals surface area contributed by atoms with Gasteiger partial charge < -0.3 is 10.6 Å². The summed E-state index contributed by atoms with van der Waals surface area (Å²) in [5.74, 6) is -1.22. The highest BCUT2D eigenvalue weighted by atomic mass is 32.2. The Morgan fingerprint density at radius 3 is 2.39 bits per heavy atom. The minimum atomic E-state index is -3.72. The number of benzene rings is 2. The topological polar surface area (TPSA) is 95.6 Å². The molecule has 0 unspecified atom stereocenters. The molecule has 0 radical (unpaired) electrons. The molecule has 33 heavy (non-hydrogen) atoms. The van der Waals surface area contributed by atoms with E-state index in [0.717, 1.165) is 36.2 Å². The van der Waals surface area contributed by atoms with E-state index in [2.05, 4.69) is 10.6 Å². The lowest BCUT2D eigenvalue weighted by molar-refractivity contribution is -0.116. The number of para-hydroxylation sites is 2. The summed E-state index contributed by atoms with van der Waals surface area (Å²) in [6.45, 7) is -0.0446. The molecule has 0 heterocycles. The summed E-state index contributed by atoms with van der Waals surface area (Å²) >= 11 is 0. The molecule has 2 amide bonds. The van der Waals surface area contributed by atoms with E-state index >= 15 is 0 Å². The highest BCUT2D eigenvalue weighted by Gasteiger charge is 2.22. The molecule has 1 fully saturated rings. The fourth-order valence-corrected chi connectivity index (χ4v) is 4.98. The van der Waals surface area contributed by atoms with Crippen LogP contribution in [0.15, 0.2) is 48.5 Å². The van der Waals surface area contributed by atoms with Crippen LogP contribution in [0.25, 0.3) is 0 Å². The minimum Gasteiger partial charge on any atom is -0.349 e. The van der Waals surface area contributed by atoms with Crippen molar-refractivity contribution in [3.05, 3.63) is 59.9 Å². The number of carbonyl (C=O) groups excluding carboxylic acids is 2. The van der Waals surface area contributed by atoms with Crippen LogP contribution in [0.2, 0.25) is 0 Å². The van der Waals surface area contributed by atoms with E-state index in [1.54, 1.807) is 30.3 Å². The standard InChI is InChI=1S/C24H30FN3O4S/c1-33(31,32)28(22-15-8-6-13-20(22)25)17-9-16-23(29)27-21-14-7-5-12-19(21)24(30)26-18-10-3-2-4-11-18/h5-8,12-15,18H,2-4,9-11,16-17H2,1H3,(H,26,30)(H,27,29). The van der Waals surface area contributed by atoms with Crippen molar-refractivity contribution in [2.24, 2.45) is 0 Å². The van der Waals surface area contributed by atoms with Gasteiger partial charge in [0.25, 0.3) is 5.91 Å². The molecule has 2 aromatic carbocycles. The smallest absolute Gasteiger partial charge is 0.253 e. The fourth-order valence-electron chi connectivity index (χ4n) is 4.02. The van der Waals surface area contributed by atoms with Crippen molar-refractivity contribution in [3.8, 4) is 0 Å². The first-order chi connectivity index (χ1) is 15.8. The van der Waals surface area contributed by atoms with Crippen LogP contribution in [0, 0.1) is 5.82 Å². The zero-order valence-electron chi connectivity index (χ0n) is 18.7. The van der Waals surface area contributed by atoms with Crippen molar-refractivity contribution < 1.29 is 22.4 Å². The molecule has 0 bridgehead atoms. The van der Waals surface area contributed by atoms with Crippen molar-refractivity contribution >= 4 is 33.2 Å². The van der Waals surface area contributed by atoms with Crippen LogP contribution in [0.4, 0.5) is 15.8 Å². The summed E-state index contributed by atoms with van der Waals surface area (Å²) in [5.41, 5.74) is 0.746. The van der Waals surface area contributed by atoms with E-state index in [0.29, 0.717) is 11.3 Å². The average molecular weight is 476 g/mol. The van der Waals surface area contributed by atoms with Crippen LogP contribution in [0.5, 0.6) is 0 Å². The molecule has 1 aliphatic carbocycles. The lowest BCUT2D eigenvalue weighted by atomic mass is 9.95. The van der Waals surface area contributed by atoms with Gasteiger partial charge in [0.2, 0.25) is 15.9 Å². The predicted molar refractivity (Wildman–Crippen MR) is 127 cm³/mol. The monoisotopic (exact) mass is 475 g/mol. The number of rotatable bonds is 9. The second-order valence-corrected chi connectivity index (χ2v) is 10.2. The quantitative estimate of drug-likeness (QED) is 0.571. The molecule has 7 nitrogen and oxygen atoms in total. The number of hydrogen-bond donors (Lipinski definition) is 2. The first kappa shape index (κ1) is 24.7. The van der Waals surface area contributed by atoms with Crippen LogP contribution in [-0.2, 0) is 14.8 Å². The molecule has 3 rings (SSSR count). The van der Waals surface area contributed by atoms with Gasteiger partial charge in [0.05, 0.1) is 23.2 Å². The van der Waals surface area contributed by atoms with Crippen molar-refractivity contribution in [2.75, 3.05) is 22.4 Å². The first-order valence-corrected chi connectivity index (χ1v) is 13.0. The van der Waals surface area contributed by atoms with Crippen molar-refractivity contribution in [1.29, 1.82) is 0 Å². The normalized spacial score (nSPS) is 14.5. The Balaban J connectivity index is 1.59. The van der Waals surface area contributed by atoms with E-state index in [4.69, 9.17) is 0 Å². The maximum absolute atomic E-state index is 14.1. The largest absolute Gasteiger partial charge is 0.349 e. The Hall–Kier alpha value is -2.94. The fraction of sp³-hybridized carbons (Fsp3) is 0.417. The van der Waals surface area contributed by atoms with Gasteiger partial charge in [-0.15, -0.1) is 0 Å². The summed E-state index contributed by atoms with van der Waals surface area (Å²) in [4.78, 5) is 25.3. The van der Waals surface area contributed by atoms with Gasteiger partial charge in [0.15, 0.2) is 0 Å². The van der Waals surface area contributed by atoms with Gasteiger partial charge in [-0.05, 0) is 43.5 Å². The first-order valence-electron chi connectivity index (χ1n) is 11.2. The molecular formula is C24H30FN3O4S. The summed E-state index contributed by atoms with van der Waals surface area (Å²) in [6, 6.07) is 12.6. The Labute approximate surface area is 194 Å². The highest BCUT2D eigenvalue weighted by molar-refractivity contribution is 7.92. The van der Waals surface area contributed by atoms with E-state index in [-0.39, 0.29) is 42.9 Å². The molecule has 0 aromatic heterocycles. The number of carbonyl (C=O) groups is 2. The van der Waals surface area contributed by atoms with Crippen molar-refractivity contribution in [2.45, 2.75) is 51.0 Å². The summed E-state index contributed by atoms with van der Waals surface area (Å²) in [6.07, 6.45) is 6.50. The summed E-state index contributed by atoms with van der Waals surface area (Å²) in [5, 5.41) is 5.80. The van der Waals surface area contributed by atoms with Gasteiger partial charge in [-0.3, -0.25) is 13.9 Å². The van der Waals surface area contributed by atoms with Crippen molar-refractivity contribution in [1.82, 2.24) is 5.32 Å². The van der Waals surface area contributed by atoms with E-state index < -0.39 is 15.8 Å². The molecule has 0 saturated heterocycles. The number of anilines is 2. The Morgan fingerprint density at radius 1 is 1.03 bits per heavy atom. The second-order valence-electron chi connectivity index (χ2n) is 8.29. The Morgan fingerprint density at radius 2 is 1.70 bits per heavy atom.